The summed E-state index contributed by atoms with van der Waals surface area (Å²) in [6.45, 7) is 8.33. The van der Waals surface area contributed by atoms with Crippen LogP contribution in [0.3, 0.4) is 0 Å². The summed E-state index contributed by atoms with van der Waals surface area (Å²) < 4.78 is 57.5. The van der Waals surface area contributed by atoms with Gasteiger partial charge < -0.3 is 15.0 Å². The Kier molecular flexibility index (Phi) is 10.1. The maximum Gasteiger partial charge on any atom is 0.265 e. The number of nitrogens with two attached hydrogens (primary N) is 1. The number of ether oxygens (including phenoxy) is 1. The Labute approximate surface area is 293 Å². The number of nitrogens with zero attached hydrogens (tertiary/aromatic N) is 3. The Morgan fingerprint density at radius 3 is 2.48 bits per heavy atom. The third-order valence-corrected chi connectivity index (χ3v) is 11.2. The minimum absolute atomic E-state index is 0.0103. The molecule has 6 rings (SSSR count). The van der Waals surface area contributed by atoms with Crippen molar-refractivity contribution in [2.45, 2.75) is 96.2 Å². The van der Waals surface area contributed by atoms with Crippen LogP contribution in [0.15, 0.2) is 69.0 Å². The second kappa shape index (κ2) is 14.4. The van der Waals surface area contributed by atoms with E-state index in [1.165, 1.54) is 18.2 Å². The van der Waals surface area contributed by atoms with Crippen molar-refractivity contribution in [2.24, 2.45) is 4.99 Å². The number of amidine groups is 1. The number of nitrogens with one attached hydrogen (secondary N) is 1. The highest BCUT2D eigenvalue weighted by atomic mass is 32.2. The third-order valence-electron chi connectivity index (χ3n) is 9.73. The van der Waals surface area contributed by atoms with E-state index in [-0.39, 0.29) is 40.0 Å². The van der Waals surface area contributed by atoms with E-state index in [0.717, 1.165) is 56.3 Å². The van der Waals surface area contributed by atoms with Crippen molar-refractivity contribution >= 4 is 33.3 Å². The maximum atomic E-state index is 16.1. The van der Waals surface area contributed by atoms with E-state index in [0.29, 0.717) is 41.2 Å². The quantitative estimate of drug-likeness (QED) is 0.135. The molecule has 264 valence electrons. The molecule has 12 heteroatoms. The SMILES string of the molecule is CCCCC1=NC2(CCCC2)C(=O)N1Cc1ccc(-c2c(F)cccc2-c2cccc(N)c2S(=O)(=O)Nc2noc(C)c2C)c(COCC)c1. The number of hydrogen-bond acceptors (Lipinski definition) is 8. The van der Waals surface area contributed by atoms with Crippen molar-refractivity contribution in [2.75, 3.05) is 17.1 Å². The van der Waals surface area contributed by atoms with Crippen molar-refractivity contribution in [3.8, 4) is 22.3 Å². The van der Waals surface area contributed by atoms with Crippen molar-refractivity contribution in [1.29, 1.82) is 0 Å². The van der Waals surface area contributed by atoms with Crippen LogP contribution in [-0.4, -0.2) is 42.4 Å². The number of aliphatic imine (C=N–C) groups is 1. The number of anilines is 2. The van der Waals surface area contributed by atoms with Gasteiger partial charge in [-0.3, -0.25) is 19.4 Å². The fourth-order valence-corrected chi connectivity index (χ4v) is 8.37. The van der Waals surface area contributed by atoms with Gasteiger partial charge in [-0.05, 0) is 74.4 Å². The molecule has 1 aliphatic carbocycles. The van der Waals surface area contributed by atoms with Crippen LogP contribution >= 0.6 is 0 Å². The lowest BCUT2D eigenvalue weighted by Crippen LogP contribution is -2.40. The molecule has 0 saturated heterocycles. The number of carbonyl (C=O) groups excluding carboxylic acids is 1. The number of sulfonamides is 1. The minimum atomic E-state index is -4.31. The Bertz CT molecular complexity index is 2050. The monoisotopic (exact) mass is 701 g/mol. The second-order valence-electron chi connectivity index (χ2n) is 13.1. The molecule has 3 N–H and O–H groups in total. The Morgan fingerprint density at radius 1 is 1.04 bits per heavy atom. The molecule has 10 nitrogen and oxygen atoms in total. The molecule has 3 aromatic carbocycles. The Hall–Kier alpha value is -4.55. The van der Waals surface area contributed by atoms with Crippen molar-refractivity contribution < 1.29 is 26.9 Å². The van der Waals surface area contributed by atoms with Crippen molar-refractivity contribution in [3.63, 3.8) is 0 Å². The van der Waals surface area contributed by atoms with E-state index in [1.54, 1.807) is 32.0 Å². The fourth-order valence-electron chi connectivity index (χ4n) is 6.98. The molecule has 0 unspecified atom stereocenters. The number of hydrogen-bond donors (Lipinski definition) is 2. The van der Waals surface area contributed by atoms with E-state index in [9.17, 15) is 13.2 Å². The van der Waals surface area contributed by atoms with Gasteiger partial charge in [-0.2, -0.15) is 0 Å². The number of amides is 1. The molecular weight excluding hydrogens is 658 g/mol. The standard InChI is InChI=1S/C38H44FN5O5S/c1-5-7-16-33-41-38(19-8-9-20-38)37(45)44(33)22-26-17-18-28(27(21-26)23-48-6-2)34-29(12-10-14-31(34)39)30-13-11-15-32(40)35(30)50(46,47)43-36-24(3)25(4)49-42-36/h10-15,17-18,21H,5-9,16,19-20,22-23,40H2,1-4H3,(H,42,43). The first-order chi connectivity index (χ1) is 24.0. The summed E-state index contributed by atoms with van der Waals surface area (Å²) in [4.78, 5) is 20.5. The average molecular weight is 702 g/mol. The molecule has 4 aromatic rings. The summed E-state index contributed by atoms with van der Waals surface area (Å²) in [5, 5.41) is 3.85. The summed E-state index contributed by atoms with van der Waals surface area (Å²) in [5.41, 5.74) is 9.09. The first kappa shape index (κ1) is 35.3. The summed E-state index contributed by atoms with van der Waals surface area (Å²) in [6, 6.07) is 14.9. The van der Waals surface area contributed by atoms with E-state index >= 15 is 4.39 Å². The van der Waals surface area contributed by atoms with Gasteiger partial charge in [0, 0.05) is 29.7 Å². The number of aryl methyl sites for hydroxylation is 1. The molecular formula is C38H44FN5O5S. The first-order valence-corrected chi connectivity index (χ1v) is 18.7. The van der Waals surface area contributed by atoms with Crippen molar-refractivity contribution in [3.05, 3.63) is 82.9 Å². The summed E-state index contributed by atoms with van der Waals surface area (Å²) >= 11 is 0. The van der Waals surface area contributed by atoms with E-state index in [4.69, 9.17) is 20.0 Å². The molecule has 0 radical (unpaired) electrons. The average Bonchev–Trinajstić information content (AvgIpc) is 3.77. The van der Waals surface area contributed by atoms with Gasteiger partial charge >= 0.3 is 0 Å². The van der Waals surface area contributed by atoms with Crippen LogP contribution in [0, 0.1) is 19.7 Å². The van der Waals surface area contributed by atoms with Gasteiger partial charge in [0.15, 0.2) is 5.82 Å². The summed E-state index contributed by atoms with van der Waals surface area (Å²) in [6.07, 6.45) is 6.22. The molecule has 1 aromatic heterocycles. The predicted octanol–water partition coefficient (Wildman–Crippen LogP) is 7.93. The molecule has 1 spiro atoms. The number of carbonyl (C=O) groups is 1. The Morgan fingerprint density at radius 2 is 1.78 bits per heavy atom. The van der Waals surface area contributed by atoms with Gasteiger partial charge in [0.25, 0.3) is 15.9 Å². The molecule has 50 heavy (non-hydrogen) atoms. The molecule has 1 amide bonds. The number of unbranched alkanes of at least 4 members (excludes halogenated alkanes) is 1. The zero-order chi connectivity index (χ0) is 35.6. The van der Waals surface area contributed by atoms with Gasteiger partial charge in [0.1, 0.15) is 27.8 Å². The lowest BCUT2D eigenvalue weighted by atomic mass is 9.90. The topological polar surface area (TPSA) is 140 Å². The van der Waals surface area contributed by atoms with E-state index < -0.39 is 21.4 Å². The fraction of sp³-hybridized carbons (Fsp3) is 0.395. The van der Waals surface area contributed by atoms with Crippen LogP contribution in [0.4, 0.5) is 15.9 Å². The Balaban J connectivity index is 1.42. The minimum Gasteiger partial charge on any atom is -0.398 e. The van der Waals surface area contributed by atoms with Crippen LogP contribution in [0.25, 0.3) is 22.3 Å². The molecule has 0 atom stereocenters. The van der Waals surface area contributed by atoms with Crippen LogP contribution in [0.2, 0.25) is 0 Å². The normalized spacial score (nSPS) is 15.7. The molecule has 2 aliphatic rings. The zero-order valence-electron chi connectivity index (χ0n) is 29.0. The van der Waals surface area contributed by atoms with Crippen molar-refractivity contribution in [1.82, 2.24) is 10.1 Å². The highest BCUT2D eigenvalue weighted by Gasteiger charge is 2.49. The summed E-state index contributed by atoms with van der Waals surface area (Å²) in [7, 11) is -4.31. The van der Waals surface area contributed by atoms with Gasteiger partial charge in [-0.15, -0.1) is 0 Å². The van der Waals surface area contributed by atoms with Crippen LogP contribution in [0.5, 0.6) is 0 Å². The first-order valence-electron chi connectivity index (χ1n) is 17.2. The lowest BCUT2D eigenvalue weighted by Gasteiger charge is -2.24. The molecule has 1 saturated carbocycles. The third kappa shape index (κ3) is 6.66. The van der Waals surface area contributed by atoms with Gasteiger partial charge in [0.05, 0.1) is 18.8 Å². The van der Waals surface area contributed by atoms with Crippen LogP contribution in [-0.2, 0) is 32.7 Å². The smallest absolute Gasteiger partial charge is 0.265 e. The van der Waals surface area contributed by atoms with Crippen LogP contribution < -0.4 is 10.5 Å². The predicted molar refractivity (Wildman–Crippen MR) is 193 cm³/mol. The highest BCUT2D eigenvalue weighted by Crippen LogP contribution is 2.43. The molecule has 1 aliphatic heterocycles. The number of benzene rings is 3. The number of halogens is 1. The van der Waals surface area contributed by atoms with E-state index in [1.807, 2.05) is 30.0 Å². The number of aromatic nitrogens is 1. The molecule has 0 bridgehead atoms. The van der Waals surface area contributed by atoms with Gasteiger partial charge in [0.2, 0.25) is 0 Å². The zero-order valence-corrected chi connectivity index (χ0v) is 29.8. The summed E-state index contributed by atoms with van der Waals surface area (Å²) in [5.74, 6) is 0.877. The second-order valence-corrected chi connectivity index (χ2v) is 14.7. The largest absolute Gasteiger partial charge is 0.398 e. The number of rotatable bonds is 13. The molecule has 1 fully saturated rings. The van der Waals surface area contributed by atoms with E-state index in [2.05, 4.69) is 16.8 Å². The van der Waals surface area contributed by atoms with Gasteiger partial charge in [-0.1, -0.05) is 73.8 Å². The molecule has 2 heterocycles. The van der Waals surface area contributed by atoms with Gasteiger partial charge in [-0.25, -0.2) is 12.8 Å². The maximum absolute atomic E-state index is 16.1. The lowest BCUT2D eigenvalue weighted by molar-refractivity contribution is -0.131. The number of nitrogen functional groups attached to an aromatic ring is 1. The highest BCUT2D eigenvalue weighted by molar-refractivity contribution is 7.93. The van der Waals surface area contributed by atoms with Crippen LogP contribution in [0.1, 0.15) is 81.2 Å².